The van der Waals surface area contributed by atoms with E-state index in [0.717, 1.165) is 15.7 Å². The first-order chi connectivity index (χ1) is 12.1. The Balaban J connectivity index is 1.69. The summed E-state index contributed by atoms with van der Waals surface area (Å²) in [5.41, 5.74) is 2.35. The molecular formula is C20H16BrClFNO. The Morgan fingerprint density at radius 3 is 2.48 bits per heavy atom. The lowest BCUT2D eigenvalue weighted by Crippen LogP contribution is -2.05. The Hall–Kier alpha value is -2.04. The normalized spacial score (nSPS) is 10.5. The molecule has 0 saturated carbocycles. The molecule has 1 N–H and O–H groups in total. The standard InChI is InChI=1S/C20H16BrClFNO/c21-15-8-10-16(11-9-15)24-12-14-4-1-2-7-20(14)25-13-17-18(22)5-3-6-19(17)23/h1-11,24H,12-13H2. The van der Waals surface area contributed by atoms with Gasteiger partial charge in [-0.05, 0) is 42.5 Å². The summed E-state index contributed by atoms with van der Waals surface area (Å²) in [4.78, 5) is 0. The zero-order chi connectivity index (χ0) is 17.6. The lowest BCUT2D eigenvalue weighted by atomic mass is 10.2. The van der Waals surface area contributed by atoms with Crippen molar-refractivity contribution in [2.45, 2.75) is 13.2 Å². The second-order valence-corrected chi connectivity index (χ2v) is 6.78. The van der Waals surface area contributed by atoms with E-state index in [-0.39, 0.29) is 12.4 Å². The molecular weight excluding hydrogens is 405 g/mol. The van der Waals surface area contributed by atoms with E-state index in [0.29, 0.717) is 22.9 Å². The first-order valence-corrected chi connectivity index (χ1v) is 8.93. The van der Waals surface area contributed by atoms with E-state index >= 15 is 0 Å². The highest BCUT2D eigenvalue weighted by Gasteiger charge is 2.09. The minimum Gasteiger partial charge on any atom is -0.488 e. The van der Waals surface area contributed by atoms with Gasteiger partial charge in [0, 0.05) is 27.8 Å². The lowest BCUT2D eigenvalue weighted by molar-refractivity contribution is 0.297. The average molecular weight is 421 g/mol. The number of para-hydroxylation sites is 1. The van der Waals surface area contributed by atoms with E-state index in [1.54, 1.807) is 12.1 Å². The fraction of sp³-hybridized carbons (Fsp3) is 0.100. The minimum atomic E-state index is -0.363. The highest BCUT2D eigenvalue weighted by atomic mass is 79.9. The number of halogens is 3. The second-order valence-electron chi connectivity index (χ2n) is 5.46. The monoisotopic (exact) mass is 419 g/mol. The molecule has 0 heterocycles. The summed E-state index contributed by atoms with van der Waals surface area (Å²) in [5.74, 6) is 0.337. The molecule has 3 rings (SSSR count). The van der Waals surface area contributed by atoms with Crippen molar-refractivity contribution in [2.75, 3.05) is 5.32 Å². The van der Waals surface area contributed by atoms with Gasteiger partial charge in [0.2, 0.25) is 0 Å². The molecule has 0 saturated heterocycles. The summed E-state index contributed by atoms with van der Waals surface area (Å²) < 4.78 is 20.7. The molecule has 0 aliphatic rings. The SMILES string of the molecule is Fc1cccc(Cl)c1COc1ccccc1CNc1ccc(Br)cc1. The Morgan fingerprint density at radius 1 is 0.960 bits per heavy atom. The van der Waals surface area contributed by atoms with Gasteiger partial charge in [-0.1, -0.05) is 51.8 Å². The van der Waals surface area contributed by atoms with Gasteiger partial charge >= 0.3 is 0 Å². The molecule has 5 heteroatoms. The first kappa shape index (κ1) is 17.8. The third-order valence-electron chi connectivity index (χ3n) is 3.73. The highest BCUT2D eigenvalue weighted by molar-refractivity contribution is 9.10. The van der Waals surface area contributed by atoms with Crippen molar-refractivity contribution in [1.29, 1.82) is 0 Å². The summed E-state index contributed by atoms with van der Waals surface area (Å²) >= 11 is 9.47. The van der Waals surface area contributed by atoms with Gasteiger partial charge in [-0.3, -0.25) is 0 Å². The van der Waals surface area contributed by atoms with Crippen LogP contribution in [0.1, 0.15) is 11.1 Å². The first-order valence-electron chi connectivity index (χ1n) is 7.76. The van der Waals surface area contributed by atoms with Crippen molar-refractivity contribution >= 4 is 33.2 Å². The Bertz CT molecular complexity index is 834. The summed E-state index contributed by atoms with van der Waals surface area (Å²) in [5, 5.41) is 3.71. The molecule has 128 valence electrons. The van der Waals surface area contributed by atoms with Crippen molar-refractivity contribution in [2.24, 2.45) is 0 Å². The Kier molecular flexibility index (Phi) is 5.95. The summed E-state index contributed by atoms with van der Waals surface area (Å²) in [6, 6.07) is 20.2. The quantitative estimate of drug-likeness (QED) is 0.496. The molecule has 0 radical (unpaired) electrons. The number of rotatable bonds is 6. The van der Waals surface area contributed by atoms with Crippen LogP contribution in [0.5, 0.6) is 5.75 Å². The zero-order valence-corrected chi connectivity index (χ0v) is 15.6. The van der Waals surface area contributed by atoms with Crippen LogP contribution >= 0.6 is 27.5 Å². The van der Waals surface area contributed by atoms with Crippen LogP contribution in [0.4, 0.5) is 10.1 Å². The maximum absolute atomic E-state index is 13.9. The number of nitrogens with one attached hydrogen (secondary N) is 1. The molecule has 0 bridgehead atoms. The maximum atomic E-state index is 13.9. The second kappa shape index (κ2) is 8.37. The topological polar surface area (TPSA) is 21.3 Å². The van der Waals surface area contributed by atoms with Crippen LogP contribution in [0, 0.1) is 5.82 Å². The lowest BCUT2D eigenvalue weighted by Gasteiger charge is -2.14. The molecule has 25 heavy (non-hydrogen) atoms. The van der Waals surface area contributed by atoms with Crippen LogP contribution < -0.4 is 10.1 Å². The molecule has 0 aliphatic carbocycles. The Morgan fingerprint density at radius 2 is 1.72 bits per heavy atom. The van der Waals surface area contributed by atoms with Gasteiger partial charge < -0.3 is 10.1 Å². The van der Waals surface area contributed by atoms with Gasteiger partial charge in [-0.2, -0.15) is 0 Å². The van der Waals surface area contributed by atoms with Gasteiger partial charge in [-0.15, -0.1) is 0 Å². The fourth-order valence-electron chi connectivity index (χ4n) is 2.38. The van der Waals surface area contributed by atoms with Crippen LogP contribution in [0.3, 0.4) is 0 Å². The summed E-state index contributed by atoms with van der Waals surface area (Å²) in [6.07, 6.45) is 0. The van der Waals surface area contributed by atoms with Crippen LogP contribution in [-0.4, -0.2) is 0 Å². The van der Waals surface area contributed by atoms with Crippen molar-refractivity contribution in [1.82, 2.24) is 0 Å². The van der Waals surface area contributed by atoms with Crippen LogP contribution in [0.15, 0.2) is 71.2 Å². The molecule has 2 nitrogen and oxygen atoms in total. The molecule has 0 fully saturated rings. The molecule has 0 atom stereocenters. The van der Waals surface area contributed by atoms with Gasteiger partial charge in [0.05, 0.1) is 5.02 Å². The van der Waals surface area contributed by atoms with Gasteiger partial charge in [0.25, 0.3) is 0 Å². The molecule has 0 aromatic heterocycles. The van der Waals surface area contributed by atoms with E-state index in [1.807, 2.05) is 48.5 Å². The zero-order valence-electron chi connectivity index (χ0n) is 13.3. The van der Waals surface area contributed by atoms with E-state index in [9.17, 15) is 4.39 Å². The van der Waals surface area contributed by atoms with Crippen LogP contribution in [0.2, 0.25) is 5.02 Å². The number of hydrogen-bond donors (Lipinski definition) is 1. The van der Waals surface area contributed by atoms with Crippen molar-refractivity contribution < 1.29 is 9.13 Å². The van der Waals surface area contributed by atoms with Crippen LogP contribution in [-0.2, 0) is 13.2 Å². The van der Waals surface area contributed by atoms with Crippen LogP contribution in [0.25, 0.3) is 0 Å². The summed E-state index contributed by atoms with van der Waals surface area (Å²) in [7, 11) is 0. The number of hydrogen-bond acceptors (Lipinski definition) is 2. The van der Waals surface area contributed by atoms with Gasteiger partial charge in [0.1, 0.15) is 18.2 Å². The third kappa shape index (κ3) is 4.74. The van der Waals surface area contributed by atoms with Gasteiger partial charge in [0.15, 0.2) is 0 Å². The molecule has 3 aromatic carbocycles. The Labute approximate surface area is 159 Å². The average Bonchev–Trinajstić information content (AvgIpc) is 2.62. The molecule has 0 amide bonds. The number of anilines is 1. The van der Waals surface area contributed by atoms with Crippen molar-refractivity contribution in [3.05, 3.63) is 93.2 Å². The highest BCUT2D eigenvalue weighted by Crippen LogP contribution is 2.24. The summed E-state index contributed by atoms with van der Waals surface area (Å²) in [6.45, 7) is 0.684. The minimum absolute atomic E-state index is 0.0841. The van der Waals surface area contributed by atoms with E-state index in [1.165, 1.54) is 6.07 Å². The number of benzene rings is 3. The third-order valence-corrected chi connectivity index (χ3v) is 4.62. The van der Waals surface area contributed by atoms with Crippen molar-refractivity contribution in [3.8, 4) is 5.75 Å². The maximum Gasteiger partial charge on any atom is 0.131 e. The number of ether oxygens (including phenoxy) is 1. The molecule has 3 aromatic rings. The van der Waals surface area contributed by atoms with Crippen molar-refractivity contribution in [3.63, 3.8) is 0 Å². The largest absolute Gasteiger partial charge is 0.488 e. The molecule has 0 spiro atoms. The smallest absolute Gasteiger partial charge is 0.131 e. The van der Waals surface area contributed by atoms with E-state index < -0.39 is 0 Å². The molecule has 0 unspecified atom stereocenters. The molecule has 0 aliphatic heterocycles. The van der Waals surface area contributed by atoms with E-state index in [4.69, 9.17) is 16.3 Å². The predicted molar refractivity (Wildman–Crippen MR) is 104 cm³/mol. The predicted octanol–water partition coefficient (Wildman–Crippen LogP) is 6.43. The fourth-order valence-corrected chi connectivity index (χ4v) is 2.86. The van der Waals surface area contributed by atoms with Gasteiger partial charge in [-0.25, -0.2) is 4.39 Å². The van der Waals surface area contributed by atoms with E-state index in [2.05, 4.69) is 21.2 Å².